The Kier molecular flexibility index (Phi) is 6.77. The van der Waals surface area contributed by atoms with E-state index in [2.05, 4.69) is 0 Å². The second kappa shape index (κ2) is 9.14. The molecule has 1 unspecified atom stereocenters. The van der Waals surface area contributed by atoms with E-state index in [0.717, 1.165) is 23.3 Å². The Balaban J connectivity index is 1.72. The van der Waals surface area contributed by atoms with Crippen LogP contribution < -0.4 is 10.5 Å². The van der Waals surface area contributed by atoms with Gasteiger partial charge in [-0.1, -0.05) is 12.1 Å². The van der Waals surface area contributed by atoms with Crippen LogP contribution in [0.2, 0.25) is 0 Å². The monoisotopic (exact) mass is 434 g/mol. The number of piperidine rings is 1. The van der Waals surface area contributed by atoms with Crippen molar-refractivity contribution in [3.05, 3.63) is 59.4 Å². The first-order valence-corrected chi connectivity index (χ1v) is 11.4. The first-order valence-electron chi connectivity index (χ1n) is 9.95. The van der Waals surface area contributed by atoms with E-state index in [9.17, 15) is 17.6 Å². The minimum absolute atomic E-state index is 0.00270. The number of carbonyl (C=O) groups excluding carboxylic acids is 1. The number of nitrogens with zero attached hydrogens (tertiary/aromatic N) is 1. The van der Waals surface area contributed by atoms with E-state index in [0.29, 0.717) is 31.7 Å². The molecule has 30 heavy (non-hydrogen) atoms. The molecule has 6 nitrogen and oxygen atoms in total. The van der Waals surface area contributed by atoms with Gasteiger partial charge in [0.15, 0.2) is 0 Å². The fourth-order valence-corrected chi connectivity index (χ4v) is 5.21. The normalized spacial score (nSPS) is 16.9. The summed E-state index contributed by atoms with van der Waals surface area (Å²) in [5, 5.41) is 0. The fraction of sp³-hybridized carbons (Fsp3) is 0.409. The highest BCUT2D eigenvalue weighted by Gasteiger charge is 2.34. The molecule has 0 aliphatic carbocycles. The minimum Gasteiger partial charge on any atom is -0.489 e. The van der Waals surface area contributed by atoms with Gasteiger partial charge in [0.05, 0.1) is 11.3 Å². The Labute approximate surface area is 176 Å². The lowest BCUT2D eigenvalue weighted by Crippen LogP contribution is -2.43. The van der Waals surface area contributed by atoms with E-state index in [-0.39, 0.29) is 17.2 Å². The summed E-state index contributed by atoms with van der Waals surface area (Å²) >= 11 is 0. The molecule has 0 bridgehead atoms. The van der Waals surface area contributed by atoms with Crippen molar-refractivity contribution in [2.75, 3.05) is 13.1 Å². The van der Waals surface area contributed by atoms with Gasteiger partial charge >= 0.3 is 0 Å². The summed E-state index contributed by atoms with van der Waals surface area (Å²) in [6.45, 7) is 4.51. The number of benzene rings is 2. The van der Waals surface area contributed by atoms with E-state index in [1.54, 1.807) is 0 Å². The van der Waals surface area contributed by atoms with Gasteiger partial charge in [-0.15, -0.1) is 0 Å². The van der Waals surface area contributed by atoms with Crippen molar-refractivity contribution in [2.24, 2.45) is 11.7 Å². The molecule has 0 radical (unpaired) electrons. The molecule has 1 saturated heterocycles. The van der Waals surface area contributed by atoms with Gasteiger partial charge in [0.1, 0.15) is 17.7 Å². The number of carbonyl (C=O) groups is 1. The van der Waals surface area contributed by atoms with Crippen molar-refractivity contribution in [3.63, 3.8) is 0 Å². The summed E-state index contributed by atoms with van der Waals surface area (Å²) in [6, 6.07) is 10.7. The predicted octanol–water partition coefficient (Wildman–Crippen LogP) is 3.17. The third kappa shape index (κ3) is 5.17. The summed E-state index contributed by atoms with van der Waals surface area (Å²) in [6.07, 6.45) is 0.744. The average molecular weight is 435 g/mol. The van der Waals surface area contributed by atoms with Crippen LogP contribution in [0.15, 0.2) is 47.4 Å². The van der Waals surface area contributed by atoms with Gasteiger partial charge in [-0.3, -0.25) is 4.79 Å². The Morgan fingerprint density at radius 3 is 2.40 bits per heavy atom. The van der Waals surface area contributed by atoms with Gasteiger partial charge < -0.3 is 10.5 Å². The van der Waals surface area contributed by atoms with Gasteiger partial charge in [-0.2, -0.15) is 4.31 Å². The molecule has 1 amide bonds. The van der Waals surface area contributed by atoms with E-state index >= 15 is 0 Å². The van der Waals surface area contributed by atoms with Gasteiger partial charge in [-0.25, -0.2) is 12.8 Å². The first-order chi connectivity index (χ1) is 14.2. The molecule has 1 aliphatic heterocycles. The Morgan fingerprint density at radius 2 is 1.80 bits per heavy atom. The Bertz CT molecular complexity index is 1000. The summed E-state index contributed by atoms with van der Waals surface area (Å²) in [7, 11) is -3.69. The van der Waals surface area contributed by atoms with Crippen molar-refractivity contribution in [2.45, 2.75) is 44.1 Å². The predicted molar refractivity (Wildman–Crippen MR) is 112 cm³/mol. The van der Waals surface area contributed by atoms with Crippen LogP contribution in [0.5, 0.6) is 5.75 Å². The minimum atomic E-state index is -3.69. The quantitative estimate of drug-likeness (QED) is 0.725. The van der Waals surface area contributed by atoms with Crippen LogP contribution in [0.25, 0.3) is 0 Å². The van der Waals surface area contributed by atoms with E-state index in [4.69, 9.17) is 10.5 Å². The Morgan fingerprint density at radius 1 is 1.17 bits per heavy atom. The maximum absolute atomic E-state index is 13.1. The van der Waals surface area contributed by atoms with Crippen LogP contribution >= 0.6 is 0 Å². The van der Waals surface area contributed by atoms with Crippen LogP contribution in [0.4, 0.5) is 4.39 Å². The molecule has 8 heteroatoms. The van der Waals surface area contributed by atoms with Crippen molar-refractivity contribution in [1.29, 1.82) is 0 Å². The highest BCUT2D eigenvalue weighted by Crippen LogP contribution is 2.30. The van der Waals surface area contributed by atoms with Crippen LogP contribution in [0.1, 0.15) is 30.4 Å². The number of amides is 1. The van der Waals surface area contributed by atoms with E-state index in [1.807, 2.05) is 32.0 Å². The lowest BCUT2D eigenvalue weighted by Gasteiger charge is -2.35. The number of aryl methyl sites for hydroxylation is 2. The maximum atomic E-state index is 13.1. The molecule has 0 saturated carbocycles. The second-order valence-electron chi connectivity index (χ2n) is 7.79. The number of hydrogen-bond acceptors (Lipinski definition) is 4. The van der Waals surface area contributed by atoms with Crippen LogP contribution in [0.3, 0.4) is 0 Å². The average Bonchev–Trinajstić information content (AvgIpc) is 2.70. The maximum Gasteiger partial charge on any atom is 0.243 e. The number of ether oxygens (including phenoxy) is 1. The third-order valence-corrected chi connectivity index (χ3v) is 7.41. The zero-order valence-electron chi connectivity index (χ0n) is 17.2. The molecule has 1 fully saturated rings. The van der Waals surface area contributed by atoms with Gasteiger partial charge in [0.2, 0.25) is 15.9 Å². The number of halogens is 1. The smallest absolute Gasteiger partial charge is 0.243 e. The third-order valence-electron chi connectivity index (χ3n) is 5.50. The van der Waals surface area contributed by atoms with Gasteiger partial charge in [0.25, 0.3) is 0 Å². The van der Waals surface area contributed by atoms with E-state index in [1.165, 1.54) is 16.4 Å². The lowest BCUT2D eigenvalue weighted by molar-refractivity contribution is -0.120. The molecule has 1 atom stereocenters. The molecule has 1 aliphatic rings. The van der Waals surface area contributed by atoms with Crippen molar-refractivity contribution in [1.82, 2.24) is 4.31 Å². The van der Waals surface area contributed by atoms with Crippen molar-refractivity contribution >= 4 is 15.9 Å². The van der Waals surface area contributed by atoms with Crippen LogP contribution in [-0.2, 0) is 14.8 Å². The number of primary amides is 1. The summed E-state index contributed by atoms with van der Waals surface area (Å²) in [5.74, 6) is -0.225. The summed E-state index contributed by atoms with van der Waals surface area (Å²) in [5.41, 5.74) is 7.46. The number of sulfonamides is 1. The molecular weight excluding hydrogens is 407 g/mol. The molecule has 3 rings (SSSR count). The van der Waals surface area contributed by atoms with E-state index < -0.39 is 27.9 Å². The molecule has 1 heterocycles. The fourth-order valence-electron chi connectivity index (χ4n) is 3.74. The zero-order valence-corrected chi connectivity index (χ0v) is 18.0. The van der Waals surface area contributed by atoms with Gasteiger partial charge in [0, 0.05) is 13.1 Å². The van der Waals surface area contributed by atoms with Gasteiger partial charge in [-0.05, 0) is 74.1 Å². The molecule has 0 spiro atoms. The van der Waals surface area contributed by atoms with Crippen molar-refractivity contribution in [3.8, 4) is 5.75 Å². The topological polar surface area (TPSA) is 89.7 Å². The molecular formula is C22H27FN2O4S. The SMILES string of the molecule is Cc1ccc(C)c(OC(CC(N)=O)C2CCN(S(=O)(=O)c3ccc(F)cc3)CC2)c1. The molecule has 2 N–H and O–H groups in total. The lowest BCUT2D eigenvalue weighted by atomic mass is 9.90. The molecule has 2 aromatic carbocycles. The highest BCUT2D eigenvalue weighted by atomic mass is 32.2. The second-order valence-corrected chi connectivity index (χ2v) is 9.73. The first kappa shape index (κ1) is 22.2. The number of hydrogen-bond donors (Lipinski definition) is 1. The van der Waals surface area contributed by atoms with Crippen LogP contribution in [-0.4, -0.2) is 37.8 Å². The molecule has 162 valence electrons. The zero-order chi connectivity index (χ0) is 21.9. The largest absolute Gasteiger partial charge is 0.489 e. The summed E-state index contributed by atoms with van der Waals surface area (Å²) in [4.78, 5) is 11.7. The summed E-state index contributed by atoms with van der Waals surface area (Å²) < 4.78 is 46.4. The molecule has 0 aromatic heterocycles. The Hall–Kier alpha value is -2.45. The standard InChI is InChI=1S/C22H27FN2O4S/c1-15-3-4-16(2)20(13-15)29-21(14-22(24)26)17-9-11-25(12-10-17)30(27,28)19-7-5-18(23)6-8-19/h3-8,13,17,21H,9-12,14H2,1-2H3,(H2,24,26). The number of nitrogens with two attached hydrogens (primary N) is 1. The van der Waals surface area contributed by atoms with Crippen molar-refractivity contribution < 1.29 is 22.3 Å². The van der Waals surface area contributed by atoms with Crippen LogP contribution in [0, 0.1) is 25.6 Å². The molecule has 2 aromatic rings. The number of rotatable bonds is 7. The highest BCUT2D eigenvalue weighted by molar-refractivity contribution is 7.89.